The normalized spacial score (nSPS) is 23.1. The predicted octanol–water partition coefficient (Wildman–Crippen LogP) is 3.08. The number of benzene rings is 1. The van der Waals surface area contributed by atoms with Crippen LogP contribution >= 0.6 is 0 Å². The van der Waals surface area contributed by atoms with Gasteiger partial charge in [-0.2, -0.15) is 5.10 Å². The lowest BCUT2D eigenvalue weighted by Gasteiger charge is -2.47. The van der Waals surface area contributed by atoms with Crippen LogP contribution in [0, 0.1) is 0 Å². The second-order valence-corrected chi connectivity index (χ2v) is 10.0. The third-order valence-electron chi connectivity index (χ3n) is 7.68. The molecule has 0 aliphatic carbocycles. The van der Waals surface area contributed by atoms with E-state index in [1.165, 1.54) is 25.1 Å². The Morgan fingerprint density at radius 2 is 1.94 bits per heavy atom. The highest BCUT2D eigenvalue weighted by Crippen LogP contribution is 2.34. The molecule has 3 fully saturated rings. The van der Waals surface area contributed by atoms with E-state index in [2.05, 4.69) is 46.1 Å². The van der Waals surface area contributed by atoms with Crippen molar-refractivity contribution in [1.29, 1.82) is 0 Å². The second-order valence-electron chi connectivity index (χ2n) is 10.0. The highest BCUT2D eigenvalue weighted by molar-refractivity contribution is 5.95. The molecule has 0 N–H and O–H groups in total. The number of morpholine rings is 1. The van der Waals surface area contributed by atoms with E-state index in [0.29, 0.717) is 6.54 Å². The van der Waals surface area contributed by atoms with Crippen molar-refractivity contribution in [2.45, 2.75) is 50.7 Å². The van der Waals surface area contributed by atoms with Crippen LogP contribution in [0.2, 0.25) is 0 Å². The Labute approximate surface area is 202 Å². The number of piperidine rings is 1. The lowest BCUT2D eigenvalue weighted by Crippen LogP contribution is -2.59. The Morgan fingerprint density at radius 1 is 1.15 bits per heavy atom. The number of aryl methyl sites for hydroxylation is 1. The number of ether oxygens (including phenoxy) is 2. The van der Waals surface area contributed by atoms with Crippen LogP contribution in [0.15, 0.2) is 36.7 Å². The van der Waals surface area contributed by atoms with Gasteiger partial charge in [-0.25, -0.2) is 0 Å². The maximum atomic E-state index is 12.5. The van der Waals surface area contributed by atoms with Gasteiger partial charge in [0.05, 0.1) is 30.6 Å². The van der Waals surface area contributed by atoms with Crippen LogP contribution in [0.25, 0.3) is 0 Å². The van der Waals surface area contributed by atoms with E-state index in [9.17, 15) is 4.79 Å². The summed E-state index contributed by atoms with van der Waals surface area (Å²) >= 11 is 0. The number of rotatable bonds is 7. The lowest BCUT2D eigenvalue weighted by molar-refractivity contribution is -0.141. The molecule has 0 radical (unpaired) electrons. The fourth-order valence-corrected chi connectivity index (χ4v) is 5.51. The number of hydrogen-bond donors (Lipinski definition) is 0. The largest absolute Gasteiger partial charge is 0.494 e. The minimum atomic E-state index is -0.282. The number of carbonyl (C=O) groups excluding carboxylic acids is 1. The van der Waals surface area contributed by atoms with Crippen LogP contribution in [0.4, 0.5) is 11.4 Å². The van der Waals surface area contributed by atoms with Crippen LogP contribution in [-0.2, 0) is 16.6 Å². The van der Waals surface area contributed by atoms with Crippen molar-refractivity contribution in [3.8, 4) is 5.75 Å². The molecule has 1 spiro atoms. The van der Waals surface area contributed by atoms with Gasteiger partial charge in [0.25, 0.3) is 5.91 Å². The smallest absolute Gasteiger partial charge is 0.253 e. The summed E-state index contributed by atoms with van der Waals surface area (Å²) in [6, 6.07) is 9.20. The predicted molar refractivity (Wildman–Crippen MR) is 133 cm³/mol. The van der Waals surface area contributed by atoms with Gasteiger partial charge in [-0.05, 0) is 69.8 Å². The van der Waals surface area contributed by atoms with Gasteiger partial charge in [0.15, 0.2) is 0 Å². The molecule has 0 unspecified atom stereocenters. The van der Waals surface area contributed by atoms with E-state index < -0.39 is 0 Å². The first-order valence-electron chi connectivity index (χ1n) is 12.7. The topological polar surface area (TPSA) is 63.1 Å². The number of nitrogens with zero attached hydrogens (tertiary/aromatic N) is 5. The molecule has 3 aliphatic rings. The number of amides is 1. The standard InChI is InChI=1S/C26H37N5O3/c1-21-5-3-12-29(21)13-4-16-33-24-8-6-22(7-9-24)30-14-10-26(11-15-30)20-31(25(32)19-34-26)23-17-27-28(2)18-23/h6-9,17-18,21H,3-5,10-16,19-20H2,1-2H3/t21-/m1/s1. The SMILES string of the molecule is C[C@@H]1CCCN1CCCOc1ccc(N2CCC3(CC2)CN(c2cnn(C)c2)C(=O)CO3)cc1. The molecule has 5 rings (SSSR count). The molecule has 34 heavy (non-hydrogen) atoms. The molecule has 1 aromatic carbocycles. The van der Waals surface area contributed by atoms with Crippen molar-refractivity contribution in [1.82, 2.24) is 14.7 Å². The molecule has 3 saturated heterocycles. The van der Waals surface area contributed by atoms with Crippen LogP contribution in [0.3, 0.4) is 0 Å². The summed E-state index contributed by atoms with van der Waals surface area (Å²) in [5.41, 5.74) is 1.78. The van der Waals surface area contributed by atoms with E-state index in [4.69, 9.17) is 9.47 Å². The third-order valence-corrected chi connectivity index (χ3v) is 7.68. The van der Waals surface area contributed by atoms with Crippen molar-refractivity contribution in [3.05, 3.63) is 36.7 Å². The van der Waals surface area contributed by atoms with Crippen LogP contribution in [0.1, 0.15) is 39.0 Å². The highest BCUT2D eigenvalue weighted by atomic mass is 16.5. The number of carbonyl (C=O) groups is 1. The lowest BCUT2D eigenvalue weighted by atomic mass is 9.89. The van der Waals surface area contributed by atoms with Crippen molar-refractivity contribution < 1.29 is 14.3 Å². The zero-order valence-electron chi connectivity index (χ0n) is 20.5. The van der Waals surface area contributed by atoms with Crippen LogP contribution < -0.4 is 14.5 Å². The summed E-state index contributed by atoms with van der Waals surface area (Å²) in [6.07, 6.45) is 9.15. The van der Waals surface area contributed by atoms with E-state index in [1.54, 1.807) is 10.9 Å². The first-order valence-corrected chi connectivity index (χ1v) is 12.7. The molecule has 1 atom stereocenters. The molecule has 184 valence electrons. The number of anilines is 2. The Morgan fingerprint density at radius 3 is 2.62 bits per heavy atom. The quantitative estimate of drug-likeness (QED) is 0.584. The molecular formula is C26H37N5O3. The molecule has 4 heterocycles. The highest BCUT2D eigenvalue weighted by Gasteiger charge is 2.43. The van der Waals surface area contributed by atoms with Crippen molar-refractivity contribution >= 4 is 17.3 Å². The van der Waals surface area contributed by atoms with Gasteiger partial charge in [0.2, 0.25) is 0 Å². The number of likely N-dealkylation sites (tertiary alicyclic amines) is 1. The summed E-state index contributed by atoms with van der Waals surface area (Å²) in [6.45, 7) is 7.99. The van der Waals surface area contributed by atoms with Crippen LogP contribution in [-0.4, -0.2) is 78.2 Å². The molecule has 8 heteroatoms. The molecule has 1 amide bonds. The summed E-state index contributed by atoms with van der Waals surface area (Å²) in [7, 11) is 1.87. The molecule has 0 bridgehead atoms. The van der Waals surface area contributed by atoms with Gasteiger partial charge in [-0.1, -0.05) is 0 Å². The van der Waals surface area contributed by atoms with Gasteiger partial charge in [-0.15, -0.1) is 0 Å². The number of aromatic nitrogens is 2. The van der Waals surface area contributed by atoms with Crippen molar-refractivity contribution in [3.63, 3.8) is 0 Å². The minimum absolute atomic E-state index is 0.00610. The maximum Gasteiger partial charge on any atom is 0.253 e. The summed E-state index contributed by atoms with van der Waals surface area (Å²) in [5, 5.41) is 4.22. The fourth-order valence-electron chi connectivity index (χ4n) is 5.51. The van der Waals surface area contributed by atoms with Crippen LogP contribution in [0.5, 0.6) is 5.75 Å². The van der Waals surface area contributed by atoms with Gasteiger partial charge in [0, 0.05) is 44.6 Å². The number of hydrogen-bond acceptors (Lipinski definition) is 6. The molecule has 1 aromatic heterocycles. The third kappa shape index (κ3) is 5.08. The summed E-state index contributed by atoms with van der Waals surface area (Å²) in [5.74, 6) is 0.944. The van der Waals surface area contributed by atoms with Gasteiger partial charge in [-0.3, -0.25) is 9.48 Å². The monoisotopic (exact) mass is 467 g/mol. The molecular weight excluding hydrogens is 430 g/mol. The Balaban J connectivity index is 1.10. The molecule has 2 aromatic rings. The van der Waals surface area contributed by atoms with Gasteiger partial charge >= 0.3 is 0 Å². The van der Waals surface area contributed by atoms with Gasteiger partial charge in [0.1, 0.15) is 12.4 Å². The Kier molecular flexibility index (Phi) is 6.79. The maximum absolute atomic E-state index is 12.5. The van der Waals surface area contributed by atoms with E-state index >= 15 is 0 Å². The zero-order chi connectivity index (χ0) is 23.5. The first-order chi connectivity index (χ1) is 16.5. The minimum Gasteiger partial charge on any atom is -0.494 e. The summed E-state index contributed by atoms with van der Waals surface area (Å²) in [4.78, 5) is 19.3. The Bertz CT molecular complexity index is 967. The van der Waals surface area contributed by atoms with E-state index in [0.717, 1.165) is 63.0 Å². The van der Waals surface area contributed by atoms with Crippen molar-refractivity contribution in [2.24, 2.45) is 7.05 Å². The summed E-state index contributed by atoms with van der Waals surface area (Å²) < 4.78 is 13.8. The van der Waals surface area contributed by atoms with E-state index in [-0.39, 0.29) is 18.1 Å². The second kappa shape index (κ2) is 9.96. The van der Waals surface area contributed by atoms with Crippen molar-refractivity contribution in [2.75, 3.05) is 55.7 Å². The molecule has 3 aliphatic heterocycles. The molecule has 0 saturated carbocycles. The molecule has 8 nitrogen and oxygen atoms in total. The zero-order valence-corrected chi connectivity index (χ0v) is 20.5. The fraction of sp³-hybridized carbons (Fsp3) is 0.615. The Hall–Kier alpha value is -2.58. The average Bonchev–Trinajstić information content (AvgIpc) is 3.47. The van der Waals surface area contributed by atoms with Gasteiger partial charge < -0.3 is 24.2 Å². The first kappa shape index (κ1) is 23.2. The average molecular weight is 468 g/mol. The van der Waals surface area contributed by atoms with E-state index in [1.807, 2.05) is 18.1 Å².